The monoisotopic (exact) mass is 410 g/mol. The van der Waals surface area contributed by atoms with Crippen LogP contribution in [0, 0.1) is 0 Å². The molecule has 0 saturated carbocycles. The number of amides is 1. The van der Waals surface area contributed by atoms with Gasteiger partial charge in [0.15, 0.2) is 0 Å². The molecular weight excluding hydrogens is 389 g/mol. The van der Waals surface area contributed by atoms with E-state index >= 15 is 0 Å². The molecule has 2 heterocycles. The SMILES string of the molecule is O=C(CCn1ccc(=O)[nH]c1=O)Nc1cc(C(F)(F)F)ccc1N1CCCCC1. The Balaban J connectivity index is 1.78. The average molecular weight is 410 g/mol. The lowest BCUT2D eigenvalue weighted by Crippen LogP contribution is -2.31. The van der Waals surface area contributed by atoms with Gasteiger partial charge in [-0.2, -0.15) is 13.2 Å². The van der Waals surface area contributed by atoms with Gasteiger partial charge < -0.3 is 14.8 Å². The number of hydrogen-bond acceptors (Lipinski definition) is 4. The maximum atomic E-state index is 13.1. The number of halogens is 3. The fourth-order valence-electron chi connectivity index (χ4n) is 3.28. The summed E-state index contributed by atoms with van der Waals surface area (Å²) in [6.07, 6.45) is -0.470. The van der Waals surface area contributed by atoms with Gasteiger partial charge in [0.25, 0.3) is 5.56 Å². The van der Waals surface area contributed by atoms with Gasteiger partial charge in [0.2, 0.25) is 5.91 Å². The summed E-state index contributed by atoms with van der Waals surface area (Å²) in [5, 5.41) is 2.55. The summed E-state index contributed by atoms with van der Waals surface area (Å²) >= 11 is 0. The number of H-pyrrole nitrogens is 1. The van der Waals surface area contributed by atoms with Crippen LogP contribution in [-0.2, 0) is 17.5 Å². The molecule has 1 aliphatic rings. The standard InChI is InChI=1S/C19H21F3N4O3/c20-19(21,22)13-4-5-15(25-8-2-1-3-9-25)14(12-13)23-16(27)6-10-26-11-7-17(28)24-18(26)29/h4-5,7,11-12H,1-3,6,8-10H2,(H,23,27)(H,24,28,29). The van der Waals surface area contributed by atoms with Crippen LogP contribution in [-0.4, -0.2) is 28.5 Å². The molecule has 1 saturated heterocycles. The van der Waals surface area contributed by atoms with Crippen LogP contribution in [0.1, 0.15) is 31.2 Å². The first-order chi connectivity index (χ1) is 13.7. The molecule has 1 aromatic heterocycles. The van der Waals surface area contributed by atoms with E-state index in [1.54, 1.807) is 0 Å². The van der Waals surface area contributed by atoms with E-state index in [0.717, 1.165) is 42.0 Å². The molecule has 0 radical (unpaired) electrons. The Morgan fingerprint density at radius 2 is 1.83 bits per heavy atom. The van der Waals surface area contributed by atoms with Crippen molar-refractivity contribution in [2.45, 2.75) is 38.4 Å². The van der Waals surface area contributed by atoms with Crippen molar-refractivity contribution in [1.29, 1.82) is 0 Å². The van der Waals surface area contributed by atoms with Crippen LogP contribution >= 0.6 is 0 Å². The molecular formula is C19H21F3N4O3. The quantitative estimate of drug-likeness (QED) is 0.793. The van der Waals surface area contributed by atoms with Crippen molar-refractivity contribution in [3.8, 4) is 0 Å². The predicted octanol–water partition coefficient (Wildman–Crippen LogP) is 2.57. The van der Waals surface area contributed by atoms with Crippen molar-refractivity contribution in [3.63, 3.8) is 0 Å². The third kappa shape index (κ3) is 5.27. The van der Waals surface area contributed by atoms with Gasteiger partial charge in [-0.05, 0) is 37.5 Å². The van der Waals surface area contributed by atoms with E-state index < -0.39 is 28.9 Å². The maximum absolute atomic E-state index is 13.1. The van der Waals surface area contributed by atoms with E-state index in [0.29, 0.717) is 18.8 Å². The van der Waals surface area contributed by atoms with Crippen molar-refractivity contribution in [3.05, 3.63) is 56.9 Å². The number of alkyl halides is 3. The Labute approximate surface area is 164 Å². The van der Waals surface area contributed by atoms with Gasteiger partial charge >= 0.3 is 11.9 Å². The van der Waals surface area contributed by atoms with Gasteiger partial charge in [-0.1, -0.05) is 0 Å². The maximum Gasteiger partial charge on any atom is 0.416 e. The number of nitrogens with one attached hydrogen (secondary N) is 2. The highest BCUT2D eigenvalue weighted by molar-refractivity contribution is 5.94. The highest BCUT2D eigenvalue weighted by Gasteiger charge is 2.31. The molecule has 0 atom stereocenters. The molecule has 2 N–H and O–H groups in total. The topological polar surface area (TPSA) is 87.2 Å². The summed E-state index contributed by atoms with van der Waals surface area (Å²) in [5.41, 5.74) is -1.40. The van der Waals surface area contributed by atoms with Crippen LogP contribution in [0.2, 0.25) is 0 Å². The molecule has 2 aromatic rings. The van der Waals surface area contributed by atoms with Gasteiger partial charge in [-0.25, -0.2) is 4.79 Å². The molecule has 156 valence electrons. The van der Waals surface area contributed by atoms with E-state index in [4.69, 9.17) is 0 Å². The molecule has 29 heavy (non-hydrogen) atoms. The van der Waals surface area contributed by atoms with Crippen LogP contribution < -0.4 is 21.5 Å². The number of rotatable bonds is 5. The van der Waals surface area contributed by atoms with Gasteiger partial charge in [0, 0.05) is 38.3 Å². The molecule has 7 nitrogen and oxygen atoms in total. The van der Waals surface area contributed by atoms with Crippen molar-refractivity contribution in [1.82, 2.24) is 9.55 Å². The molecule has 10 heteroatoms. The van der Waals surface area contributed by atoms with E-state index in [9.17, 15) is 27.6 Å². The average Bonchev–Trinajstić information content (AvgIpc) is 2.67. The minimum atomic E-state index is -4.52. The largest absolute Gasteiger partial charge is 0.416 e. The zero-order valence-corrected chi connectivity index (χ0v) is 15.6. The van der Waals surface area contributed by atoms with Gasteiger partial charge in [-0.3, -0.25) is 14.6 Å². The smallest absolute Gasteiger partial charge is 0.370 e. The summed E-state index contributed by atoms with van der Waals surface area (Å²) in [5.74, 6) is -0.527. The van der Waals surface area contributed by atoms with Crippen LogP contribution in [0.4, 0.5) is 24.5 Å². The van der Waals surface area contributed by atoms with E-state index in [2.05, 4.69) is 10.3 Å². The molecule has 0 spiro atoms. The number of aromatic amines is 1. The summed E-state index contributed by atoms with van der Waals surface area (Å²) in [6, 6.07) is 4.49. The van der Waals surface area contributed by atoms with Crippen molar-refractivity contribution < 1.29 is 18.0 Å². The van der Waals surface area contributed by atoms with Gasteiger partial charge in [0.1, 0.15) is 0 Å². The normalized spacial score (nSPS) is 14.7. The number of carbonyl (C=O) groups is 1. The van der Waals surface area contributed by atoms with Crippen LogP contribution in [0.5, 0.6) is 0 Å². The minimum absolute atomic E-state index is 0.0144. The highest BCUT2D eigenvalue weighted by Crippen LogP contribution is 2.36. The molecule has 0 unspecified atom stereocenters. The summed E-state index contributed by atoms with van der Waals surface area (Å²) in [7, 11) is 0. The van der Waals surface area contributed by atoms with E-state index in [1.165, 1.54) is 12.3 Å². The molecule has 0 bridgehead atoms. The fourth-order valence-corrected chi connectivity index (χ4v) is 3.28. The minimum Gasteiger partial charge on any atom is -0.370 e. The van der Waals surface area contributed by atoms with Crippen molar-refractivity contribution in [2.24, 2.45) is 0 Å². The fraction of sp³-hybridized carbons (Fsp3) is 0.421. The van der Waals surface area contributed by atoms with Crippen LogP contribution in [0.25, 0.3) is 0 Å². The number of anilines is 2. The Morgan fingerprint density at radius 3 is 2.48 bits per heavy atom. The molecule has 1 amide bonds. The number of carbonyl (C=O) groups excluding carboxylic acids is 1. The van der Waals surface area contributed by atoms with Gasteiger partial charge in [-0.15, -0.1) is 0 Å². The predicted molar refractivity (Wildman–Crippen MR) is 102 cm³/mol. The van der Waals surface area contributed by atoms with E-state index in [1.807, 2.05) is 4.90 Å². The molecule has 0 aliphatic carbocycles. The number of aromatic nitrogens is 2. The van der Waals surface area contributed by atoms with Gasteiger partial charge in [0.05, 0.1) is 16.9 Å². The zero-order valence-electron chi connectivity index (χ0n) is 15.6. The lowest BCUT2D eigenvalue weighted by molar-refractivity contribution is -0.137. The first-order valence-corrected chi connectivity index (χ1v) is 9.30. The lowest BCUT2D eigenvalue weighted by atomic mass is 10.1. The lowest BCUT2D eigenvalue weighted by Gasteiger charge is -2.31. The van der Waals surface area contributed by atoms with Crippen LogP contribution in [0.3, 0.4) is 0 Å². The number of benzene rings is 1. The Hall–Kier alpha value is -3.04. The summed E-state index contributed by atoms with van der Waals surface area (Å²) in [6.45, 7) is 1.40. The first kappa shape index (κ1) is 20.7. The third-order valence-electron chi connectivity index (χ3n) is 4.77. The third-order valence-corrected chi connectivity index (χ3v) is 4.77. The molecule has 3 rings (SSSR count). The van der Waals surface area contributed by atoms with Crippen molar-refractivity contribution >= 4 is 17.3 Å². The second-order valence-electron chi connectivity index (χ2n) is 6.88. The summed E-state index contributed by atoms with van der Waals surface area (Å²) in [4.78, 5) is 39.2. The first-order valence-electron chi connectivity index (χ1n) is 9.30. The second-order valence-corrected chi connectivity index (χ2v) is 6.88. The number of aryl methyl sites for hydroxylation is 1. The second kappa shape index (κ2) is 8.54. The molecule has 1 fully saturated rings. The number of hydrogen-bond donors (Lipinski definition) is 2. The molecule has 1 aromatic carbocycles. The number of nitrogens with zero attached hydrogens (tertiary/aromatic N) is 2. The Kier molecular flexibility index (Phi) is 6.09. The Bertz CT molecular complexity index is 991. The van der Waals surface area contributed by atoms with E-state index in [-0.39, 0.29) is 18.7 Å². The Morgan fingerprint density at radius 1 is 1.10 bits per heavy atom. The van der Waals surface area contributed by atoms with Crippen molar-refractivity contribution in [2.75, 3.05) is 23.3 Å². The number of piperidine rings is 1. The summed E-state index contributed by atoms with van der Waals surface area (Å²) < 4.78 is 40.5. The zero-order chi connectivity index (χ0) is 21.0. The molecule has 1 aliphatic heterocycles. The van der Waals surface area contributed by atoms with Crippen LogP contribution in [0.15, 0.2) is 40.1 Å². The highest BCUT2D eigenvalue weighted by atomic mass is 19.4.